The van der Waals surface area contributed by atoms with Crippen LogP contribution >= 0.6 is 0 Å². The molecule has 0 radical (unpaired) electrons. The highest BCUT2D eigenvalue weighted by molar-refractivity contribution is 5.92. The fourth-order valence-corrected chi connectivity index (χ4v) is 2.83. The summed E-state index contributed by atoms with van der Waals surface area (Å²) in [5.41, 5.74) is -0.204. The van der Waals surface area contributed by atoms with E-state index in [4.69, 9.17) is 0 Å². The van der Waals surface area contributed by atoms with E-state index in [0.717, 1.165) is 25.0 Å². The topological polar surface area (TPSA) is 55.2 Å². The van der Waals surface area contributed by atoms with Crippen LogP contribution in [0.3, 0.4) is 0 Å². The fourth-order valence-electron chi connectivity index (χ4n) is 2.83. The number of amides is 1. The van der Waals surface area contributed by atoms with Crippen LogP contribution in [-0.2, 0) is 19.3 Å². The molecule has 1 aliphatic rings. The maximum Gasteiger partial charge on any atom is 0.416 e. The van der Waals surface area contributed by atoms with Crippen LogP contribution in [-0.4, -0.2) is 26.6 Å². The van der Waals surface area contributed by atoms with Gasteiger partial charge in [-0.25, -0.2) is 4.68 Å². The molecule has 0 unspecified atom stereocenters. The maximum absolute atomic E-state index is 12.9. The Kier molecular flexibility index (Phi) is 5.34. The van der Waals surface area contributed by atoms with E-state index in [0.29, 0.717) is 18.5 Å². The number of aryl methyl sites for hydroxylation is 1. The summed E-state index contributed by atoms with van der Waals surface area (Å²) in [6.07, 6.45) is -1.98. The largest absolute Gasteiger partial charge is 0.416 e. The van der Waals surface area contributed by atoms with Gasteiger partial charge >= 0.3 is 6.18 Å². The van der Waals surface area contributed by atoms with E-state index in [1.807, 2.05) is 6.92 Å². The van der Waals surface area contributed by atoms with Crippen molar-refractivity contribution in [1.29, 1.82) is 0 Å². The molecule has 1 aliphatic carbocycles. The Balaban J connectivity index is 1.81. The number of halogens is 3. The first-order chi connectivity index (χ1) is 12.8. The maximum atomic E-state index is 12.9. The summed E-state index contributed by atoms with van der Waals surface area (Å²) in [4.78, 5) is 26.3. The number of aromatic nitrogens is 2. The highest BCUT2D eigenvalue weighted by Crippen LogP contribution is 2.31. The molecule has 144 valence electrons. The Morgan fingerprint density at radius 1 is 1.19 bits per heavy atom. The third-order valence-electron chi connectivity index (χ3n) is 4.40. The molecule has 1 aromatic heterocycles. The van der Waals surface area contributed by atoms with Crippen LogP contribution in [0.2, 0.25) is 0 Å². The minimum atomic E-state index is -4.39. The van der Waals surface area contributed by atoms with Crippen LogP contribution in [0.15, 0.2) is 41.2 Å². The van der Waals surface area contributed by atoms with Crippen LogP contribution in [0.4, 0.5) is 13.2 Å². The third kappa shape index (κ3) is 4.56. The van der Waals surface area contributed by atoms with Gasteiger partial charge in [-0.05, 0) is 43.0 Å². The Labute approximate surface area is 154 Å². The van der Waals surface area contributed by atoms with Crippen molar-refractivity contribution in [1.82, 2.24) is 14.7 Å². The molecular formula is C19H20F3N3O2. The standard InChI is InChI=1S/C19H20F3N3O2/c1-2-11-25-17(26)10-9-16(23-25)18(27)24(15-7-8-15)12-13-3-5-14(6-4-13)19(20,21)22/h3-6,9-10,15H,2,7-8,11-12H2,1H3. The van der Waals surface area contributed by atoms with E-state index >= 15 is 0 Å². The van der Waals surface area contributed by atoms with Crippen LogP contribution in [0.5, 0.6) is 0 Å². The lowest BCUT2D eigenvalue weighted by atomic mass is 10.1. The molecular weight excluding hydrogens is 359 g/mol. The summed E-state index contributed by atoms with van der Waals surface area (Å²) >= 11 is 0. The number of alkyl halides is 3. The van der Waals surface area contributed by atoms with Gasteiger partial charge in [0.05, 0.1) is 5.56 Å². The Hall–Kier alpha value is -2.64. The zero-order valence-electron chi connectivity index (χ0n) is 14.9. The van der Waals surface area contributed by atoms with Crippen molar-refractivity contribution in [3.8, 4) is 0 Å². The first-order valence-corrected chi connectivity index (χ1v) is 8.85. The number of hydrogen-bond donors (Lipinski definition) is 0. The second kappa shape index (κ2) is 7.54. The number of carbonyl (C=O) groups excluding carboxylic acids is 1. The van der Waals surface area contributed by atoms with Gasteiger partial charge in [0.25, 0.3) is 11.5 Å². The van der Waals surface area contributed by atoms with Gasteiger partial charge in [0.1, 0.15) is 5.69 Å². The van der Waals surface area contributed by atoms with Gasteiger partial charge < -0.3 is 4.90 Å². The fraction of sp³-hybridized carbons (Fsp3) is 0.421. The molecule has 0 atom stereocenters. The molecule has 1 heterocycles. The third-order valence-corrected chi connectivity index (χ3v) is 4.40. The van der Waals surface area contributed by atoms with E-state index in [1.165, 1.54) is 28.9 Å². The van der Waals surface area contributed by atoms with Crippen molar-refractivity contribution in [3.63, 3.8) is 0 Å². The summed E-state index contributed by atoms with van der Waals surface area (Å²) in [7, 11) is 0. The molecule has 0 saturated heterocycles. The molecule has 1 amide bonds. The van der Waals surface area contributed by atoms with E-state index in [9.17, 15) is 22.8 Å². The molecule has 27 heavy (non-hydrogen) atoms. The number of rotatable bonds is 6. The first-order valence-electron chi connectivity index (χ1n) is 8.85. The summed E-state index contributed by atoms with van der Waals surface area (Å²) in [6, 6.07) is 7.58. The van der Waals surface area contributed by atoms with E-state index in [2.05, 4.69) is 5.10 Å². The molecule has 0 N–H and O–H groups in total. The normalized spacial score (nSPS) is 14.2. The van der Waals surface area contributed by atoms with Gasteiger partial charge in [0.2, 0.25) is 0 Å². The monoisotopic (exact) mass is 379 g/mol. The summed E-state index contributed by atoms with van der Waals surface area (Å²) in [6.45, 7) is 2.53. The Morgan fingerprint density at radius 2 is 1.85 bits per heavy atom. The van der Waals surface area contributed by atoms with Crippen molar-refractivity contribution >= 4 is 5.91 Å². The predicted molar refractivity (Wildman–Crippen MR) is 93.1 cm³/mol. The average Bonchev–Trinajstić information content (AvgIpc) is 3.46. The summed E-state index contributed by atoms with van der Waals surface area (Å²) in [5.74, 6) is -0.317. The van der Waals surface area contributed by atoms with Crippen molar-refractivity contribution in [3.05, 3.63) is 63.6 Å². The molecule has 0 bridgehead atoms. The van der Waals surface area contributed by atoms with Crippen molar-refractivity contribution in [2.75, 3.05) is 0 Å². The van der Waals surface area contributed by atoms with Gasteiger partial charge in [-0.2, -0.15) is 18.3 Å². The molecule has 8 heteroatoms. The molecule has 1 saturated carbocycles. The lowest BCUT2D eigenvalue weighted by molar-refractivity contribution is -0.137. The van der Waals surface area contributed by atoms with Crippen molar-refractivity contribution < 1.29 is 18.0 Å². The second-order valence-electron chi connectivity index (χ2n) is 6.64. The summed E-state index contributed by atoms with van der Waals surface area (Å²) in [5, 5.41) is 4.15. The van der Waals surface area contributed by atoms with Crippen molar-refractivity contribution in [2.24, 2.45) is 0 Å². The van der Waals surface area contributed by atoms with Crippen LogP contribution < -0.4 is 5.56 Å². The molecule has 3 rings (SSSR count). The smallest absolute Gasteiger partial charge is 0.330 e. The number of benzene rings is 1. The van der Waals surface area contributed by atoms with Crippen LogP contribution in [0.25, 0.3) is 0 Å². The van der Waals surface area contributed by atoms with Gasteiger partial charge in [0, 0.05) is 25.2 Å². The molecule has 1 fully saturated rings. The highest BCUT2D eigenvalue weighted by Gasteiger charge is 2.34. The molecule has 0 aliphatic heterocycles. The zero-order valence-corrected chi connectivity index (χ0v) is 14.9. The lowest BCUT2D eigenvalue weighted by Crippen LogP contribution is -2.35. The van der Waals surface area contributed by atoms with Crippen molar-refractivity contribution in [2.45, 2.75) is 51.5 Å². The van der Waals surface area contributed by atoms with Crippen LogP contribution in [0.1, 0.15) is 47.8 Å². The molecule has 0 spiro atoms. The Morgan fingerprint density at radius 3 is 2.41 bits per heavy atom. The average molecular weight is 379 g/mol. The Bertz CT molecular complexity index is 871. The minimum Gasteiger partial charge on any atom is -0.330 e. The first kappa shape index (κ1) is 19.1. The van der Waals surface area contributed by atoms with E-state index in [1.54, 1.807) is 4.90 Å². The lowest BCUT2D eigenvalue weighted by Gasteiger charge is -2.22. The molecule has 5 nitrogen and oxygen atoms in total. The quantitative estimate of drug-likeness (QED) is 0.772. The van der Waals surface area contributed by atoms with Gasteiger partial charge in [-0.15, -0.1) is 0 Å². The number of hydrogen-bond acceptors (Lipinski definition) is 3. The predicted octanol–water partition coefficient (Wildman–Crippen LogP) is 3.48. The number of nitrogens with zero attached hydrogens (tertiary/aromatic N) is 3. The van der Waals surface area contributed by atoms with E-state index in [-0.39, 0.29) is 29.7 Å². The van der Waals surface area contributed by atoms with Gasteiger partial charge in [-0.1, -0.05) is 19.1 Å². The SMILES string of the molecule is CCCn1nc(C(=O)N(Cc2ccc(C(F)(F)F)cc2)C2CC2)ccc1=O. The van der Waals surface area contributed by atoms with E-state index < -0.39 is 11.7 Å². The zero-order chi connectivity index (χ0) is 19.6. The van der Waals surface area contributed by atoms with Crippen LogP contribution in [0, 0.1) is 0 Å². The summed E-state index contributed by atoms with van der Waals surface area (Å²) < 4.78 is 39.4. The van der Waals surface area contributed by atoms with Gasteiger partial charge in [0.15, 0.2) is 0 Å². The number of carbonyl (C=O) groups is 1. The second-order valence-corrected chi connectivity index (χ2v) is 6.64. The minimum absolute atomic E-state index is 0.0492. The highest BCUT2D eigenvalue weighted by atomic mass is 19.4. The van der Waals surface area contributed by atoms with Gasteiger partial charge in [-0.3, -0.25) is 9.59 Å². The molecule has 2 aromatic rings. The molecule has 1 aromatic carbocycles.